The normalized spacial score (nSPS) is 10.8. The summed E-state index contributed by atoms with van der Waals surface area (Å²) in [5.41, 5.74) is 0. The predicted octanol–water partition coefficient (Wildman–Crippen LogP) is 1.58. The zero-order valence-electron chi connectivity index (χ0n) is 6.78. The van der Waals surface area contributed by atoms with Crippen molar-refractivity contribution in [1.82, 2.24) is 0 Å². The lowest BCUT2D eigenvalue weighted by molar-refractivity contribution is 0.600. The lowest BCUT2D eigenvalue weighted by atomic mass is 10.7. The second kappa shape index (κ2) is 3.29. The van der Waals surface area contributed by atoms with Gasteiger partial charge >= 0.3 is 0 Å². The summed E-state index contributed by atoms with van der Waals surface area (Å²) >= 11 is 1.81. The summed E-state index contributed by atoms with van der Waals surface area (Å²) in [5.74, 6) is 0. The molecule has 0 aliphatic heterocycles. The molecule has 1 radical (unpaired) electrons. The van der Waals surface area contributed by atoms with Crippen molar-refractivity contribution >= 4 is 30.0 Å². The maximum Gasteiger partial charge on any atom is 0.178 e. The molecule has 2 aromatic rings. The maximum absolute atomic E-state index is 5.37. The first kappa shape index (κ1) is 7.83. The van der Waals surface area contributed by atoms with Gasteiger partial charge in [0.05, 0.1) is 11.6 Å². The van der Waals surface area contributed by atoms with Gasteiger partial charge in [-0.3, -0.25) is 0 Å². The number of rotatable bonds is 2. The summed E-state index contributed by atoms with van der Waals surface area (Å²) in [6, 6.07) is 8.30. The Kier molecular flexibility index (Phi) is 2.14. The molecule has 0 bridgehead atoms. The molecule has 0 aromatic carbocycles. The molecule has 0 amide bonds. The lowest BCUT2D eigenvalue weighted by Gasteiger charge is -2.00. The molecule has 0 unspecified atom stereocenters. The van der Waals surface area contributed by atoms with Crippen LogP contribution in [-0.4, -0.2) is 8.80 Å². The average molecular weight is 193 g/mol. The molecule has 0 saturated heterocycles. The van der Waals surface area contributed by atoms with Gasteiger partial charge in [-0.1, -0.05) is 18.7 Å². The molecule has 12 heavy (non-hydrogen) atoms. The summed E-state index contributed by atoms with van der Waals surface area (Å²) in [6.07, 6.45) is 1.75. The standard InChI is InChI=1S/C9H9OSSi/c1-12(8-4-2-6-10-8)9-5-3-7-11-9/h2-7H,1H3. The van der Waals surface area contributed by atoms with Gasteiger partial charge in [0.2, 0.25) is 0 Å². The monoisotopic (exact) mass is 193 g/mol. The van der Waals surface area contributed by atoms with E-state index in [-0.39, 0.29) is 0 Å². The minimum Gasteiger partial charge on any atom is -0.474 e. The van der Waals surface area contributed by atoms with Gasteiger partial charge in [0.25, 0.3) is 0 Å². The van der Waals surface area contributed by atoms with E-state index in [0.717, 1.165) is 5.38 Å². The van der Waals surface area contributed by atoms with Crippen LogP contribution in [0.3, 0.4) is 0 Å². The second-order valence-electron chi connectivity index (χ2n) is 2.58. The molecule has 61 valence electrons. The highest BCUT2D eigenvalue weighted by Crippen LogP contribution is 1.98. The third kappa shape index (κ3) is 1.38. The van der Waals surface area contributed by atoms with E-state index in [9.17, 15) is 0 Å². The summed E-state index contributed by atoms with van der Waals surface area (Å²) in [5, 5.41) is 3.26. The smallest absolute Gasteiger partial charge is 0.178 e. The molecule has 0 aliphatic rings. The SMILES string of the molecule is C[Si](c1ccco1)c1cccs1. The van der Waals surface area contributed by atoms with Crippen LogP contribution in [0, 0.1) is 0 Å². The van der Waals surface area contributed by atoms with Crippen molar-refractivity contribution in [3.8, 4) is 0 Å². The number of thiophene rings is 1. The van der Waals surface area contributed by atoms with Crippen LogP contribution in [0.1, 0.15) is 0 Å². The van der Waals surface area contributed by atoms with E-state index in [4.69, 9.17) is 4.42 Å². The quantitative estimate of drug-likeness (QED) is 0.660. The van der Waals surface area contributed by atoms with Crippen molar-refractivity contribution in [1.29, 1.82) is 0 Å². The Morgan fingerprint density at radius 3 is 2.83 bits per heavy atom. The molecule has 0 fully saturated rings. The Hall–Kier alpha value is -0.803. The Morgan fingerprint density at radius 1 is 1.33 bits per heavy atom. The van der Waals surface area contributed by atoms with E-state index >= 15 is 0 Å². The van der Waals surface area contributed by atoms with Gasteiger partial charge < -0.3 is 4.42 Å². The first-order valence-corrected chi connectivity index (χ1v) is 6.67. The van der Waals surface area contributed by atoms with Crippen molar-refractivity contribution in [3.05, 3.63) is 35.9 Å². The lowest BCUT2D eigenvalue weighted by Crippen LogP contribution is -2.36. The molecule has 0 atom stereocenters. The van der Waals surface area contributed by atoms with Crippen molar-refractivity contribution in [2.45, 2.75) is 6.55 Å². The van der Waals surface area contributed by atoms with Gasteiger partial charge in [0.1, 0.15) is 0 Å². The van der Waals surface area contributed by atoms with Crippen LogP contribution in [0.25, 0.3) is 0 Å². The molecule has 0 aliphatic carbocycles. The number of hydrogen-bond donors (Lipinski definition) is 0. The minimum atomic E-state index is -0.607. The molecule has 3 heteroatoms. The highest BCUT2D eigenvalue weighted by atomic mass is 32.1. The van der Waals surface area contributed by atoms with Crippen LogP contribution in [0.4, 0.5) is 0 Å². The van der Waals surface area contributed by atoms with Gasteiger partial charge in [0, 0.05) is 0 Å². The number of hydrogen-bond acceptors (Lipinski definition) is 2. The third-order valence-electron chi connectivity index (χ3n) is 1.78. The van der Waals surface area contributed by atoms with Gasteiger partial charge in [-0.15, -0.1) is 0 Å². The third-order valence-corrected chi connectivity index (χ3v) is 5.67. The molecule has 0 saturated carbocycles. The highest BCUT2D eigenvalue weighted by Gasteiger charge is 2.13. The van der Waals surface area contributed by atoms with E-state index < -0.39 is 8.80 Å². The average Bonchev–Trinajstić information content (AvgIpc) is 2.77. The Balaban J connectivity index is 2.27. The van der Waals surface area contributed by atoms with Crippen molar-refractivity contribution in [3.63, 3.8) is 0 Å². The van der Waals surface area contributed by atoms with Crippen molar-refractivity contribution < 1.29 is 4.42 Å². The van der Waals surface area contributed by atoms with E-state index in [2.05, 4.69) is 30.1 Å². The zero-order valence-corrected chi connectivity index (χ0v) is 8.60. The second-order valence-corrected chi connectivity index (χ2v) is 6.17. The van der Waals surface area contributed by atoms with E-state index in [1.54, 1.807) is 6.26 Å². The molecular weight excluding hydrogens is 184 g/mol. The fourth-order valence-corrected chi connectivity index (χ4v) is 3.96. The first-order chi connectivity index (χ1) is 5.88. The van der Waals surface area contributed by atoms with Gasteiger partial charge in [-0.2, -0.15) is 11.3 Å². The molecule has 2 aromatic heterocycles. The molecule has 0 N–H and O–H groups in total. The van der Waals surface area contributed by atoms with Crippen molar-refractivity contribution in [2.75, 3.05) is 0 Å². The van der Waals surface area contributed by atoms with Gasteiger partial charge in [-0.25, -0.2) is 0 Å². The van der Waals surface area contributed by atoms with Crippen LogP contribution < -0.4 is 9.88 Å². The number of furan rings is 1. The summed E-state index contributed by atoms with van der Waals surface area (Å²) in [7, 11) is -0.607. The predicted molar refractivity (Wildman–Crippen MR) is 53.9 cm³/mol. The molecule has 2 rings (SSSR count). The Labute approximate surface area is 77.3 Å². The molecule has 2 heterocycles. The van der Waals surface area contributed by atoms with E-state index in [1.807, 2.05) is 17.4 Å². The molecular formula is C9H9OSSi. The molecule has 1 nitrogen and oxygen atoms in total. The van der Waals surface area contributed by atoms with Crippen LogP contribution in [-0.2, 0) is 0 Å². The van der Waals surface area contributed by atoms with E-state index in [1.165, 1.54) is 4.50 Å². The topological polar surface area (TPSA) is 13.1 Å². The minimum absolute atomic E-state index is 0.607. The first-order valence-electron chi connectivity index (χ1n) is 3.79. The van der Waals surface area contributed by atoms with Gasteiger partial charge in [0.15, 0.2) is 8.80 Å². The maximum atomic E-state index is 5.37. The highest BCUT2D eigenvalue weighted by molar-refractivity contribution is 7.23. The van der Waals surface area contributed by atoms with Crippen LogP contribution in [0.15, 0.2) is 40.3 Å². The van der Waals surface area contributed by atoms with Crippen LogP contribution in [0.2, 0.25) is 6.55 Å². The summed E-state index contributed by atoms with van der Waals surface area (Å²) in [4.78, 5) is 0. The largest absolute Gasteiger partial charge is 0.474 e. The Morgan fingerprint density at radius 2 is 2.25 bits per heavy atom. The molecule has 0 spiro atoms. The Bertz CT molecular complexity index is 291. The fourth-order valence-electron chi connectivity index (χ4n) is 1.11. The van der Waals surface area contributed by atoms with Crippen LogP contribution >= 0.6 is 11.3 Å². The van der Waals surface area contributed by atoms with E-state index in [0.29, 0.717) is 0 Å². The summed E-state index contributed by atoms with van der Waals surface area (Å²) in [6.45, 7) is 2.26. The fraction of sp³-hybridized carbons (Fsp3) is 0.111. The zero-order chi connectivity index (χ0) is 8.39. The van der Waals surface area contributed by atoms with Crippen molar-refractivity contribution in [2.24, 2.45) is 0 Å². The van der Waals surface area contributed by atoms with Crippen LogP contribution in [0.5, 0.6) is 0 Å². The summed E-state index contributed by atoms with van der Waals surface area (Å²) < 4.78 is 6.82. The van der Waals surface area contributed by atoms with Gasteiger partial charge in [-0.05, 0) is 22.0 Å².